The molecule has 2 aromatic rings. The number of guanidine groups is 1. The van der Waals surface area contributed by atoms with Gasteiger partial charge in [-0.3, -0.25) is 14.9 Å². The molecule has 1 fully saturated rings. The molecule has 1 aliphatic heterocycles. The monoisotopic (exact) mass is 435 g/mol. The van der Waals surface area contributed by atoms with Crippen LogP contribution in [0.25, 0.3) is 0 Å². The fourth-order valence-corrected chi connectivity index (χ4v) is 3.61. The molecule has 1 saturated heterocycles. The number of nitrogens with one attached hydrogen (secondary N) is 2. The Balaban J connectivity index is 1.35. The van der Waals surface area contributed by atoms with Crippen LogP contribution < -0.4 is 15.4 Å². The van der Waals surface area contributed by atoms with Crippen molar-refractivity contribution in [2.24, 2.45) is 4.99 Å². The average Bonchev–Trinajstić information content (AvgIpc) is 2.75. The highest BCUT2D eigenvalue weighted by Crippen LogP contribution is 2.24. The number of hydrogen-bond donors (Lipinski definition) is 2. The third-order valence-electron chi connectivity index (χ3n) is 4.84. The van der Waals surface area contributed by atoms with Crippen molar-refractivity contribution in [3.8, 4) is 5.75 Å². The molecular weight excluding hydrogens is 409 g/mol. The molecule has 1 aromatic carbocycles. The SMILES string of the molecule is CN=C(NCCOc1cccnc1)NC1CCN(Cc2ccc(Cl)c(Cl)c2)CC1. The summed E-state index contributed by atoms with van der Waals surface area (Å²) in [6, 6.07) is 10.0. The first-order chi connectivity index (χ1) is 14.1. The summed E-state index contributed by atoms with van der Waals surface area (Å²) in [4.78, 5) is 10.8. The number of ether oxygens (including phenoxy) is 1. The highest BCUT2D eigenvalue weighted by Gasteiger charge is 2.20. The van der Waals surface area contributed by atoms with Crippen molar-refractivity contribution < 1.29 is 4.74 Å². The van der Waals surface area contributed by atoms with Gasteiger partial charge in [-0.2, -0.15) is 0 Å². The van der Waals surface area contributed by atoms with Crippen LogP contribution in [0, 0.1) is 0 Å². The summed E-state index contributed by atoms with van der Waals surface area (Å²) in [6.07, 6.45) is 5.56. The zero-order valence-corrected chi connectivity index (χ0v) is 18.1. The standard InChI is InChI=1S/C21H27Cl2N5O/c1-24-21(26-9-12-29-18-3-2-8-25-14-18)27-17-6-10-28(11-7-17)15-16-4-5-19(22)20(23)13-16/h2-5,8,13-14,17H,6-7,9-12,15H2,1H3,(H2,24,26,27). The fourth-order valence-electron chi connectivity index (χ4n) is 3.29. The zero-order chi connectivity index (χ0) is 20.5. The maximum absolute atomic E-state index is 6.12. The van der Waals surface area contributed by atoms with Gasteiger partial charge in [0.25, 0.3) is 0 Å². The first-order valence-corrected chi connectivity index (χ1v) is 10.6. The first kappa shape index (κ1) is 21.7. The molecule has 156 valence electrons. The van der Waals surface area contributed by atoms with Crippen LogP contribution in [0.2, 0.25) is 10.0 Å². The molecule has 1 aromatic heterocycles. The van der Waals surface area contributed by atoms with Gasteiger partial charge in [-0.05, 0) is 42.7 Å². The predicted molar refractivity (Wildman–Crippen MR) is 119 cm³/mol. The third kappa shape index (κ3) is 7.07. The summed E-state index contributed by atoms with van der Waals surface area (Å²) in [7, 11) is 1.79. The van der Waals surface area contributed by atoms with Crippen LogP contribution in [0.3, 0.4) is 0 Å². The lowest BCUT2D eigenvalue weighted by atomic mass is 10.0. The van der Waals surface area contributed by atoms with Crippen molar-refractivity contribution >= 4 is 29.2 Å². The van der Waals surface area contributed by atoms with E-state index in [0.29, 0.717) is 29.2 Å². The Bertz CT molecular complexity index is 795. The Labute approximate surface area is 182 Å². The second-order valence-corrected chi connectivity index (χ2v) is 7.79. The lowest BCUT2D eigenvalue weighted by Crippen LogP contribution is -2.49. The lowest BCUT2D eigenvalue weighted by molar-refractivity contribution is 0.198. The normalized spacial score (nSPS) is 15.9. The number of likely N-dealkylation sites (tertiary alicyclic amines) is 1. The average molecular weight is 436 g/mol. The van der Waals surface area contributed by atoms with Crippen LogP contribution in [0.15, 0.2) is 47.7 Å². The first-order valence-electron chi connectivity index (χ1n) is 9.80. The van der Waals surface area contributed by atoms with Crippen molar-refractivity contribution in [2.45, 2.75) is 25.4 Å². The number of benzene rings is 1. The van der Waals surface area contributed by atoms with Gasteiger partial charge in [-0.15, -0.1) is 0 Å². The fraction of sp³-hybridized carbons (Fsp3) is 0.429. The third-order valence-corrected chi connectivity index (χ3v) is 5.58. The van der Waals surface area contributed by atoms with E-state index in [1.807, 2.05) is 30.3 Å². The van der Waals surface area contributed by atoms with E-state index < -0.39 is 0 Å². The predicted octanol–water partition coefficient (Wildman–Crippen LogP) is 3.60. The summed E-state index contributed by atoms with van der Waals surface area (Å²) in [5, 5.41) is 8.03. The van der Waals surface area contributed by atoms with Gasteiger partial charge in [0.1, 0.15) is 12.4 Å². The molecule has 0 atom stereocenters. The molecule has 3 rings (SSSR count). The molecule has 0 amide bonds. The number of rotatable bonds is 7. The van der Waals surface area contributed by atoms with Crippen molar-refractivity contribution in [2.75, 3.05) is 33.3 Å². The van der Waals surface area contributed by atoms with Crippen molar-refractivity contribution in [1.29, 1.82) is 0 Å². The molecule has 0 saturated carbocycles. The van der Waals surface area contributed by atoms with E-state index in [1.54, 1.807) is 19.4 Å². The molecule has 6 nitrogen and oxygen atoms in total. The van der Waals surface area contributed by atoms with Gasteiger partial charge >= 0.3 is 0 Å². The Morgan fingerprint density at radius 1 is 1.24 bits per heavy atom. The van der Waals surface area contributed by atoms with Crippen LogP contribution in [-0.4, -0.2) is 55.2 Å². The van der Waals surface area contributed by atoms with Gasteiger partial charge in [0.05, 0.1) is 22.8 Å². The topological polar surface area (TPSA) is 61.8 Å². The molecule has 2 heterocycles. The summed E-state index contributed by atoms with van der Waals surface area (Å²) >= 11 is 12.1. The van der Waals surface area contributed by atoms with Crippen LogP contribution in [0.4, 0.5) is 0 Å². The number of pyridine rings is 1. The maximum atomic E-state index is 6.12. The zero-order valence-electron chi connectivity index (χ0n) is 16.6. The summed E-state index contributed by atoms with van der Waals surface area (Å²) < 4.78 is 5.65. The molecule has 0 aliphatic carbocycles. The second-order valence-electron chi connectivity index (χ2n) is 6.98. The number of aromatic nitrogens is 1. The number of piperidine rings is 1. The Morgan fingerprint density at radius 3 is 2.76 bits per heavy atom. The molecule has 29 heavy (non-hydrogen) atoms. The maximum Gasteiger partial charge on any atom is 0.191 e. The van der Waals surface area contributed by atoms with Gasteiger partial charge in [0.2, 0.25) is 0 Å². The lowest BCUT2D eigenvalue weighted by Gasteiger charge is -2.33. The highest BCUT2D eigenvalue weighted by atomic mass is 35.5. The Kier molecular flexibility index (Phi) is 8.40. The van der Waals surface area contributed by atoms with Crippen LogP contribution in [0.5, 0.6) is 5.75 Å². The van der Waals surface area contributed by atoms with Gasteiger partial charge in [-0.25, -0.2) is 0 Å². The van der Waals surface area contributed by atoms with Crippen LogP contribution >= 0.6 is 23.2 Å². The molecule has 0 spiro atoms. The largest absolute Gasteiger partial charge is 0.490 e. The number of halogens is 2. The van der Waals surface area contributed by atoms with Crippen molar-refractivity contribution in [1.82, 2.24) is 20.5 Å². The van der Waals surface area contributed by atoms with Gasteiger partial charge in [-0.1, -0.05) is 29.3 Å². The van der Waals surface area contributed by atoms with Crippen LogP contribution in [-0.2, 0) is 6.54 Å². The number of hydrogen-bond acceptors (Lipinski definition) is 4. The Morgan fingerprint density at radius 2 is 2.07 bits per heavy atom. The van der Waals surface area contributed by atoms with E-state index in [9.17, 15) is 0 Å². The molecule has 0 radical (unpaired) electrons. The van der Waals surface area contributed by atoms with E-state index in [2.05, 4.69) is 25.5 Å². The summed E-state index contributed by atoms with van der Waals surface area (Å²) in [5.74, 6) is 1.58. The molecule has 0 unspecified atom stereocenters. The van der Waals surface area contributed by atoms with Gasteiger partial charge in [0.15, 0.2) is 5.96 Å². The summed E-state index contributed by atoms with van der Waals surface area (Å²) in [6.45, 7) is 4.17. The minimum absolute atomic E-state index is 0.408. The molecule has 8 heteroatoms. The number of aliphatic imine (C=N–C) groups is 1. The van der Waals surface area contributed by atoms with Crippen molar-refractivity contribution in [3.63, 3.8) is 0 Å². The van der Waals surface area contributed by atoms with E-state index in [1.165, 1.54) is 5.56 Å². The Hall–Kier alpha value is -2.02. The minimum Gasteiger partial charge on any atom is -0.490 e. The van der Waals surface area contributed by atoms with Gasteiger partial charge < -0.3 is 15.4 Å². The van der Waals surface area contributed by atoms with E-state index in [0.717, 1.165) is 44.2 Å². The van der Waals surface area contributed by atoms with E-state index >= 15 is 0 Å². The second kappa shape index (κ2) is 11.2. The molecule has 2 N–H and O–H groups in total. The van der Waals surface area contributed by atoms with Crippen LogP contribution in [0.1, 0.15) is 18.4 Å². The molecule has 0 bridgehead atoms. The van der Waals surface area contributed by atoms with Gasteiger partial charge in [0, 0.05) is 38.9 Å². The molecular formula is C21H27Cl2N5O. The summed E-state index contributed by atoms with van der Waals surface area (Å²) in [5.41, 5.74) is 1.19. The smallest absolute Gasteiger partial charge is 0.191 e. The molecule has 1 aliphatic rings. The van der Waals surface area contributed by atoms with E-state index in [-0.39, 0.29) is 0 Å². The van der Waals surface area contributed by atoms with E-state index in [4.69, 9.17) is 27.9 Å². The number of nitrogens with zero attached hydrogens (tertiary/aromatic N) is 3. The minimum atomic E-state index is 0.408. The highest BCUT2D eigenvalue weighted by molar-refractivity contribution is 6.42. The van der Waals surface area contributed by atoms with Crippen molar-refractivity contribution in [3.05, 3.63) is 58.3 Å². The quantitative estimate of drug-likeness (QED) is 0.395.